The van der Waals surface area contributed by atoms with Gasteiger partial charge in [0.15, 0.2) is 36.4 Å². The third-order valence-corrected chi connectivity index (χ3v) is 11.1. The Kier molecular flexibility index (Phi) is 18.2. The maximum atomic E-state index is 12.1. The Morgan fingerprint density at radius 3 is 2.22 bits per heavy atom. The van der Waals surface area contributed by atoms with Crippen molar-refractivity contribution >= 4 is 58.7 Å². The number of aldehydes is 1. The first-order valence-electron chi connectivity index (χ1n) is 19.1. The number of aliphatic imine (C=N–C) groups is 2. The fourth-order valence-electron chi connectivity index (χ4n) is 7.27. The van der Waals surface area contributed by atoms with Gasteiger partial charge in [-0.3, -0.25) is 15.0 Å². The maximum Gasteiger partial charge on any atom is 0.291 e. The van der Waals surface area contributed by atoms with Crippen molar-refractivity contribution in [2.75, 3.05) is 19.0 Å². The molecule has 1 aliphatic carbocycles. The number of amides is 1. The third-order valence-electron chi connectivity index (χ3n) is 10.5. The molecule has 360 valence electrons. The van der Waals surface area contributed by atoms with Crippen molar-refractivity contribution in [3.63, 3.8) is 0 Å². The summed E-state index contributed by atoms with van der Waals surface area (Å²) in [5.41, 5.74) is 16.0. The van der Waals surface area contributed by atoms with Crippen molar-refractivity contribution in [2.45, 2.75) is 104 Å². The van der Waals surface area contributed by atoms with E-state index >= 15 is 0 Å². The number of guanidine groups is 2. The average Bonchev–Trinajstić information content (AvgIpc) is 3.40. The van der Waals surface area contributed by atoms with Gasteiger partial charge in [0.05, 0.1) is 36.2 Å². The summed E-state index contributed by atoms with van der Waals surface area (Å²) in [5, 5.41) is 114. The molecule has 19 N–H and O–H groups in total. The molecule has 0 spiro atoms. The van der Waals surface area contributed by atoms with E-state index in [1.807, 2.05) is 0 Å². The molecule has 1 unspecified atom stereocenters. The minimum absolute atomic E-state index is 0.138. The minimum atomic E-state index is -2.39. The predicted molar refractivity (Wildman–Crippen MR) is 224 cm³/mol. The van der Waals surface area contributed by atoms with Crippen LogP contribution in [0.15, 0.2) is 52.4 Å². The molecule has 2 aromatic rings. The SMILES string of the molecule is CN[C@@H]1[C@H](O[C@H]2[C@H](O[C@H]3[C@H](O)[C@@H](O)[C@H](N=C(N)N)[C@@H](O)[C@@H]3NC(=N)N)O[C@@H](C)[C@]2(O)C=O)O[C@@H](CO)[C@H](O)[C@H]1O.O=C1Nc2ccc(Cl)cc2C(c2ccccc2Cl)=NC1O.O=[N+]([O-])O. The van der Waals surface area contributed by atoms with Crippen LogP contribution < -0.4 is 33.2 Å². The predicted octanol–water partition coefficient (Wildman–Crippen LogP) is -5.20. The number of carbonyl (C=O) groups excluding carboxylic acids is 2. The molecule has 6 rings (SSSR count). The van der Waals surface area contributed by atoms with Crippen LogP contribution in [0, 0.1) is 15.5 Å². The molecule has 16 atom stereocenters. The van der Waals surface area contributed by atoms with Crippen LogP contribution >= 0.6 is 23.2 Å². The smallest absolute Gasteiger partial charge is 0.291 e. The van der Waals surface area contributed by atoms with Gasteiger partial charge in [0.1, 0.15) is 54.9 Å². The van der Waals surface area contributed by atoms with Gasteiger partial charge in [-0.05, 0) is 38.2 Å². The molecule has 2 saturated heterocycles. The number of nitrogens with zero attached hydrogens (tertiary/aromatic N) is 3. The van der Waals surface area contributed by atoms with E-state index in [1.165, 1.54) is 14.0 Å². The summed E-state index contributed by atoms with van der Waals surface area (Å²) in [6.45, 7) is 0.616. The Labute approximate surface area is 378 Å². The van der Waals surface area contributed by atoms with Gasteiger partial charge in [0, 0.05) is 21.2 Å². The number of aliphatic hydroxyl groups excluding tert-OH is 7. The standard InChI is InChI=1S/C21H39N7O12.C15H10Cl2N2O2.HNO3/c1-5-21(36,4-30)16(40-17-9(26-2)13(34)10(31)6(3-29)38-17)18(37-5)39-15-8(28-20(24)25)11(32)7(27-19(22)23)12(33)14(15)35;16-8-5-6-12-10(7-8)13(19-15(21)14(20)18-12)9-3-1-2-4-11(9)17;2-1(3)4/h4-18,26,29,31-36H,3H2,1-2H3,(H4,22,23,27)(H4,24,25,28);1-7,15,21H,(H,18,20);(H,2,3,4)/t5-,6-,7+,8-,9-,10-,11+,12-,13-,14+,15+,16-,17-,18-,21+;;/m0../s1. The number of benzodiazepines with no additional fused rings is 1. The summed E-state index contributed by atoms with van der Waals surface area (Å²) in [5.74, 6) is -1.76. The lowest BCUT2D eigenvalue weighted by atomic mass is 9.81. The number of halogens is 2. The molecule has 2 aromatic carbocycles. The van der Waals surface area contributed by atoms with Gasteiger partial charge in [0.2, 0.25) is 6.23 Å². The van der Waals surface area contributed by atoms with E-state index in [0.717, 1.165) is 0 Å². The molecule has 27 nitrogen and oxygen atoms in total. The quantitative estimate of drug-likeness (QED) is 0.0348. The zero-order valence-electron chi connectivity index (χ0n) is 34.1. The van der Waals surface area contributed by atoms with Crippen molar-refractivity contribution in [1.29, 1.82) is 5.41 Å². The molecular formula is C36H50Cl2N10O17. The van der Waals surface area contributed by atoms with Crippen LogP contribution in [-0.4, -0.2) is 192 Å². The van der Waals surface area contributed by atoms with Crippen LogP contribution in [0.5, 0.6) is 0 Å². The van der Waals surface area contributed by atoms with Crippen LogP contribution in [0.2, 0.25) is 10.0 Å². The highest BCUT2D eigenvalue weighted by Gasteiger charge is 2.61. The molecule has 0 radical (unpaired) electrons. The molecule has 3 aliphatic heterocycles. The number of nitrogens with one attached hydrogen (secondary N) is 4. The lowest BCUT2D eigenvalue weighted by Crippen LogP contribution is -2.70. The van der Waals surface area contributed by atoms with Crippen molar-refractivity contribution in [2.24, 2.45) is 27.2 Å². The molecular weight excluding hydrogens is 915 g/mol. The Balaban J connectivity index is 0.000000306. The molecule has 3 fully saturated rings. The van der Waals surface area contributed by atoms with Gasteiger partial charge in [0.25, 0.3) is 11.0 Å². The molecule has 0 bridgehead atoms. The summed E-state index contributed by atoms with van der Waals surface area (Å²) in [6.07, 6.45) is -18.8. The Morgan fingerprint density at radius 1 is 1.00 bits per heavy atom. The van der Waals surface area contributed by atoms with Gasteiger partial charge in [-0.2, -0.15) is 0 Å². The number of rotatable bonds is 10. The van der Waals surface area contributed by atoms with E-state index in [2.05, 4.69) is 25.9 Å². The van der Waals surface area contributed by atoms with Crippen LogP contribution in [0.25, 0.3) is 0 Å². The number of likely N-dealkylation sites (N-methyl/N-ethyl adjacent to an activating group) is 1. The van der Waals surface area contributed by atoms with Crippen LogP contribution in [-0.2, 0) is 28.5 Å². The van der Waals surface area contributed by atoms with Gasteiger partial charge in [-0.1, -0.05) is 41.4 Å². The fraction of sp³-hybridized carbons (Fsp3) is 0.528. The number of hydrogen-bond acceptors (Lipinski definition) is 20. The highest BCUT2D eigenvalue weighted by molar-refractivity contribution is 6.37. The van der Waals surface area contributed by atoms with Crippen LogP contribution in [0.4, 0.5) is 5.69 Å². The van der Waals surface area contributed by atoms with Crippen LogP contribution in [0.1, 0.15) is 18.1 Å². The van der Waals surface area contributed by atoms with Crippen molar-refractivity contribution < 1.29 is 79.7 Å². The third kappa shape index (κ3) is 12.1. The van der Waals surface area contributed by atoms with Crippen LogP contribution in [0.3, 0.4) is 0 Å². The van der Waals surface area contributed by atoms with E-state index in [1.54, 1.807) is 42.5 Å². The van der Waals surface area contributed by atoms with Crippen molar-refractivity contribution in [3.8, 4) is 0 Å². The van der Waals surface area contributed by atoms with Gasteiger partial charge in [-0.25, -0.2) is 9.98 Å². The first kappa shape index (κ1) is 52.7. The summed E-state index contributed by atoms with van der Waals surface area (Å²) in [4.78, 5) is 40.0. The number of ether oxygens (including phenoxy) is 4. The van der Waals surface area contributed by atoms with Gasteiger partial charge < -0.3 is 98.2 Å². The summed E-state index contributed by atoms with van der Waals surface area (Å²) in [6, 6.07) is 8.07. The summed E-state index contributed by atoms with van der Waals surface area (Å²) in [7, 11) is 1.42. The second-order valence-electron chi connectivity index (χ2n) is 14.7. The number of benzene rings is 2. The van der Waals surface area contributed by atoms with E-state index in [4.69, 9.17) is 80.1 Å². The maximum absolute atomic E-state index is 12.1. The van der Waals surface area contributed by atoms with E-state index in [0.29, 0.717) is 32.6 Å². The number of aliphatic hydroxyl groups is 8. The first-order chi connectivity index (χ1) is 30.5. The number of fused-ring (bicyclic) bond motifs is 1. The molecule has 4 aliphatic rings. The minimum Gasteiger partial charge on any atom is -0.394 e. The second-order valence-corrected chi connectivity index (χ2v) is 15.5. The largest absolute Gasteiger partial charge is 0.394 e. The lowest BCUT2D eigenvalue weighted by molar-refractivity contribution is -0.742. The highest BCUT2D eigenvalue weighted by atomic mass is 35.5. The van der Waals surface area contributed by atoms with E-state index in [9.17, 15) is 50.4 Å². The van der Waals surface area contributed by atoms with Crippen molar-refractivity contribution in [1.82, 2.24) is 10.6 Å². The normalized spacial score (nSPS) is 35.2. The number of nitrogens with two attached hydrogens (primary N) is 3. The zero-order chi connectivity index (χ0) is 48.7. The lowest BCUT2D eigenvalue weighted by Gasteiger charge is -2.46. The van der Waals surface area contributed by atoms with E-state index in [-0.39, 0.29) is 6.29 Å². The molecule has 1 amide bonds. The zero-order valence-corrected chi connectivity index (χ0v) is 35.6. The monoisotopic (exact) mass is 964 g/mol. The molecule has 1 saturated carbocycles. The Morgan fingerprint density at radius 2 is 1.65 bits per heavy atom. The Hall–Kier alpha value is -4.95. The number of anilines is 1. The topological polar surface area (TPSA) is 459 Å². The van der Waals surface area contributed by atoms with Crippen molar-refractivity contribution in [3.05, 3.63) is 73.8 Å². The van der Waals surface area contributed by atoms with Gasteiger partial charge in [-0.15, -0.1) is 10.1 Å². The highest BCUT2D eigenvalue weighted by Crippen LogP contribution is 2.38. The van der Waals surface area contributed by atoms with E-state index < -0.39 is 127 Å². The number of carbonyl (C=O) groups is 2. The van der Waals surface area contributed by atoms with Gasteiger partial charge >= 0.3 is 0 Å². The second kappa shape index (κ2) is 22.5. The number of hydrogen-bond donors (Lipinski definition) is 16. The molecule has 65 heavy (non-hydrogen) atoms. The first-order valence-corrected chi connectivity index (χ1v) is 19.9. The summed E-state index contributed by atoms with van der Waals surface area (Å²) >= 11 is 12.2. The Bertz CT molecular complexity index is 2070. The summed E-state index contributed by atoms with van der Waals surface area (Å²) < 4.78 is 22.9. The molecule has 29 heteroatoms. The average molecular weight is 966 g/mol. The molecule has 0 aromatic heterocycles. The fourth-order valence-corrected chi connectivity index (χ4v) is 7.66. The molecule has 3 heterocycles.